The zero-order chi connectivity index (χ0) is 12.2. The highest BCUT2D eigenvalue weighted by Gasteiger charge is 2.30. The molecule has 0 saturated carbocycles. The number of aliphatic hydroxyl groups is 1. The molecule has 0 saturated heterocycles. The first-order valence-electron chi connectivity index (χ1n) is 4.86. The maximum atomic E-state index is 12.4. The lowest BCUT2D eigenvalue weighted by molar-refractivity contribution is -0.137. The molecule has 1 rings (SSSR count). The molecule has 1 unspecified atom stereocenters. The second-order valence-electron chi connectivity index (χ2n) is 3.47. The van der Waals surface area contributed by atoms with Gasteiger partial charge in [-0.2, -0.15) is 13.2 Å². The predicted molar refractivity (Wildman–Crippen MR) is 56.4 cm³/mol. The van der Waals surface area contributed by atoms with Crippen molar-refractivity contribution in [1.82, 2.24) is 0 Å². The SMILES string of the molecule is OC(CCCCl)c1cccc(C(F)(F)F)c1. The zero-order valence-electron chi connectivity index (χ0n) is 8.47. The van der Waals surface area contributed by atoms with Crippen molar-refractivity contribution in [1.29, 1.82) is 0 Å². The van der Waals surface area contributed by atoms with Crippen LogP contribution in [0.2, 0.25) is 0 Å². The number of aliphatic hydroxyl groups excluding tert-OH is 1. The van der Waals surface area contributed by atoms with Crippen molar-refractivity contribution < 1.29 is 18.3 Å². The summed E-state index contributed by atoms with van der Waals surface area (Å²) in [6, 6.07) is 4.73. The van der Waals surface area contributed by atoms with Gasteiger partial charge in [0.2, 0.25) is 0 Å². The van der Waals surface area contributed by atoms with E-state index in [1.807, 2.05) is 0 Å². The Balaban J connectivity index is 2.82. The molecule has 0 aliphatic heterocycles. The molecule has 0 bridgehead atoms. The van der Waals surface area contributed by atoms with E-state index < -0.39 is 17.8 Å². The third-order valence-corrected chi connectivity index (χ3v) is 2.48. The average molecular weight is 253 g/mol. The highest BCUT2D eigenvalue weighted by atomic mass is 35.5. The van der Waals surface area contributed by atoms with Crippen molar-refractivity contribution in [2.75, 3.05) is 5.88 Å². The van der Waals surface area contributed by atoms with E-state index in [1.54, 1.807) is 0 Å². The molecule has 0 heterocycles. The lowest BCUT2D eigenvalue weighted by atomic mass is 10.0. The fraction of sp³-hybridized carbons (Fsp3) is 0.455. The number of benzene rings is 1. The Morgan fingerprint density at radius 3 is 2.56 bits per heavy atom. The van der Waals surface area contributed by atoms with Crippen LogP contribution in [0.15, 0.2) is 24.3 Å². The van der Waals surface area contributed by atoms with Gasteiger partial charge in [-0.05, 0) is 30.5 Å². The van der Waals surface area contributed by atoms with Gasteiger partial charge in [0.25, 0.3) is 0 Å². The smallest absolute Gasteiger partial charge is 0.388 e. The molecule has 1 aromatic rings. The fourth-order valence-electron chi connectivity index (χ4n) is 1.36. The van der Waals surface area contributed by atoms with Gasteiger partial charge >= 0.3 is 6.18 Å². The van der Waals surface area contributed by atoms with Crippen molar-refractivity contribution in [2.45, 2.75) is 25.1 Å². The highest BCUT2D eigenvalue weighted by molar-refractivity contribution is 6.17. The normalized spacial score (nSPS) is 13.8. The van der Waals surface area contributed by atoms with Gasteiger partial charge in [-0.1, -0.05) is 12.1 Å². The molecular formula is C11H12ClF3O. The topological polar surface area (TPSA) is 20.2 Å². The Morgan fingerprint density at radius 2 is 2.00 bits per heavy atom. The number of alkyl halides is 4. The Kier molecular flexibility index (Phi) is 4.62. The second-order valence-corrected chi connectivity index (χ2v) is 3.85. The monoisotopic (exact) mass is 252 g/mol. The molecule has 0 amide bonds. The van der Waals surface area contributed by atoms with Crippen molar-refractivity contribution >= 4 is 11.6 Å². The van der Waals surface area contributed by atoms with Crippen molar-refractivity contribution in [2.24, 2.45) is 0 Å². The third kappa shape index (κ3) is 3.68. The van der Waals surface area contributed by atoms with E-state index in [-0.39, 0.29) is 5.56 Å². The summed E-state index contributed by atoms with van der Waals surface area (Å²) >= 11 is 5.45. The predicted octanol–water partition coefficient (Wildman–Crippen LogP) is 3.76. The molecule has 0 spiro atoms. The lowest BCUT2D eigenvalue weighted by Gasteiger charge is -2.13. The summed E-state index contributed by atoms with van der Waals surface area (Å²) < 4.78 is 37.1. The van der Waals surface area contributed by atoms with Gasteiger partial charge in [0.15, 0.2) is 0 Å². The standard InChI is InChI=1S/C11H12ClF3O/c12-6-2-5-10(16)8-3-1-4-9(7-8)11(13,14)15/h1,3-4,7,10,16H,2,5-6H2. The molecule has 0 radical (unpaired) electrons. The minimum absolute atomic E-state index is 0.278. The van der Waals surface area contributed by atoms with Crippen LogP contribution in [0.5, 0.6) is 0 Å². The minimum atomic E-state index is -4.37. The molecule has 16 heavy (non-hydrogen) atoms. The Bertz CT molecular complexity index is 338. The Morgan fingerprint density at radius 1 is 1.31 bits per heavy atom. The largest absolute Gasteiger partial charge is 0.416 e. The van der Waals surface area contributed by atoms with E-state index in [1.165, 1.54) is 12.1 Å². The highest BCUT2D eigenvalue weighted by Crippen LogP contribution is 2.31. The van der Waals surface area contributed by atoms with Crippen LogP contribution in [0.3, 0.4) is 0 Å². The lowest BCUT2D eigenvalue weighted by Crippen LogP contribution is -2.06. The number of hydrogen-bond acceptors (Lipinski definition) is 1. The van der Waals surface area contributed by atoms with Crippen LogP contribution in [0.4, 0.5) is 13.2 Å². The number of rotatable bonds is 4. The van der Waals surface area contributed by atoms with E-state index in [0.717, 1.165) is 12.1 Å². The quantitative estimate of drug-likeness (QED) is 0.809. The van der Waals surface area contributed by atoms with Gasteiger partial charge in [-0.15, -0.1) is 11.6 Å². The summed E-state index contributed by atoms with van der Waals surface area (Å²) in [4.78, 5) is 0. The summed E-state index contributed by atoms with van der Waals surface area (Å²) in [6.07, 6.45) is -4.33. The van der Waals surface area contributed by atoms with Gasteiger partial charge < -0.3 is 5.11 Å². The molecule has 0 aliphatic carbocycles. The van der Waals surface area contributed by atoms with E-state index in [9.17, 15) is 18.3 Å². The fourth-order valence-corrected chi connectivity index (χ4v) is 1.51. The van der Waals surface area contributed by atoms with E-state index >= 15 is 0 Å². The zero-order valence-corrected chi connectivity index (χ0v) is 9.22. The Hall–Kier alpha value is -0.740. The first kappa shape index (κ1) is 13.3. The molecule has 1 atom stereocenters. The number of halogens is 4. The molecule has 0 fully saturated rings. The summed E-state index contributed by atoms with van der Waals surface area (Å²) in [7, 11) is 0. The summed E-state index contributed by atoms with van der Waals surface area (Å²) in [5.41, 5.74) is -0.463. The van der Waals surface area contributed by atoms with Crippen LogP contribution in [0, 0.1) is 0 Å². The van der Waals surface area contributed by atoms with Crippen LogP contribution < -0.4 is 0 Å². The maximum absolute atomic E-state index is 12.4. The molecule has 5 heteroatoms. The van der Waals surface area contributed by atoms with Crippen LogP contribution in [0.1, 0.15) is 30.1 Å². The van der Waals surface area contributed by atoms with E-state index in [2.05, 4.69) is 0 Å². The Labute approximate surface area is 96.9 Å². The average Bonchev–Trinajstić information content (AvgIpc) is 2.25. The summed E-state index contributed by atoms with van der Waals surface area (Å²) in [5.74, 6) is 0.385. The van der Waals surface area contributed by atoms with Crippen LogP contribution in [0.25, 0.3) is 0 Å². The molecule has 0 aromatic heterocycles. The molecule has 90 valence electrons. The third-order valence-electron chi connectivity index (χ3n) is 2.21. The van der Waals surface area contributed by atoms with Crippen molar-refractivity contribution in [3.8, 4) is 0 Å². The van der Waals surface area contributed by atoms with Crippen molar-refractivity contribution in [3.05, 3.63) is 35.4 Å². The molecule has 1 nitrogen and oxygen atoms in total. The van der Waals surface area contributed by atoms with E-state index in [0.29, 0.717) is 18.7 Å². The van der Waals surface area contributed by atoms with Crippen LogP contribution >= 0.6 is 11.6 Å². The summed E-state index contributed by atoms with van der Waals surface area (Å²) in [6.45, 7) is 0. The van der Waals surface area contributed by atoms with Crippen molar-refractivity contribution in [3.63, 3.8) is 0 Å². The van der Waals surface area contributed by atoms with Gasteiger partial charge in [0.1, 0.15) is 0 Å². The second kappa shape index (κ2) is 5.55. The number of hydrogen-bond donors (Lipinski definition) is 1. The van der Waals surface area contributed by atoms with Crippen LogP contribution in [-0.2, 0) is 6.18 Å². The van der Waals surface area contributed by atoms with E-state index in [4.69, 9.17) is 11.6 Å². The van der Waals surface area contributed by atoms with Crippen LogP contribution in [-0.4, -0.2) is 11.0 Å². The molecular weight excluding hydrogens is 241 g/mol. The maximum Gasteiger partial charge on any atom is 0.416 e. The summed E-state index contributed by atoms with van der Waals surface area (Å²) in [5, 5.41) is 9.62. The molecule has 1 N–H and O–H groups in total. The minimum Gasteiger partial charge on any atom is -0.388 e. The van der Waals surface area contributed by atoms with Gasteiger partial charge in [-0.3, -0.25) is 0 Å². The molecule has 1 aromatic carbocycles. The van der Waals surface area contributed by atoms with Gasteiger partial charge in [0, 0.05) is 5.88 Å². The molecule has 0 aliphatic rings. The first-order chi connectivity index (χ1) is 7.45. The first-order valence-corrected chi connectivity index (χ1v) is 5.40. The van der Waals surface area contributed by atoms with Gasteiger partial charge in [0.05, 0.1) is 11.7 Å². The van der Waals surface area contributed by atoms with Gasteiger partial charge in [-0.25, -0.2) is 0 Å².